The molecule has 0 aliphatic carbocycles. The van der Waals surface area contributed by atoms with Crippen molar-refractivity contribution in [3.8, 4) is 0 Å². The van der Waals surface area contributed by atoms with E-state index in [2.05, 4.69) is 10.3 Å². The Morgan fingerprint density at radius 3 is 2.47 bits per heavy atom. The van der Waals surface area contributed by atoms with Crippen LogP contribution in [-0.4, -0.2) is 58.2 Å². The predicted molar refractivity (Wildman–Crippen MR) is 111 cm³/mol. The molecule has 158 valence electrons. The third-order valence-corrected chi connectivity index (χ3v) is 6.41. The van der Waals surface area contributed by atoms with E-state index in [1.54, 1.807) is 21.4 Å². The zero-order chi connectivity index (χ0) is 21.1. The van der Waals surface area contributed by atoms with Crippen molar-refractivity contribution in [3.63, 3.8) is 0 Å². The van der Waals surface area contributed by atoms with Crippen LogP contribution < -0.4 is 5.32 Å². The van der Waals surface area contributed by atoms with E-state index < -0.39 is 6.04 Å². The van der Waals surface area contributed by atoms with Crippen LogP contribution in [0.4, 0.5) is 9.52 Å². The minimum Gasteiger partial charge on any atom is -0.339 e. The van der Waals surface area contributed by atoms with Crippen LogP contribution in [0.3, 0.4) is 0 Å². The highest BCUT2D eigenvalue weighted by molar-refractivity contribution is 7.13. The lowest BCUT2D eigenvalue weighted by Gasteiger charge is -2.34. The number of anilines is 1. The average Bonchev–Trinajstić information content (AvgIpc) is 3.45. The molecule has 0 saturated carbocycles. The molecular weight excluding hydrogens is 407 g/mol. The molecular formula is C21H23FN4O3S. The average molecular weight is 431 g/mol. The van der Waals surface area contributed by atoms with Gasteiger partial charge in [-0.3, -0.25) is 14.4 Å². The standard InChI is InChI=1S/C21H23FN4O3S/c22-16-5-3-14(4-6-16)19(28)25-11-7-15(8-12-25)20(29)26-10-1-2-17(26)18(27)24-21-23-9-13-30-21/h3-6,9,13,15,17H,1-2,7-8,10-12H2,(H,23,24,27). The molecule has 2 aromatic rings. The summed E-state index contributed by atoms with van der Waals surface area (Å²) in [6.45, 7) is 1.51. The molecule has 0 radical (unpaired) electrons. The van der Waals surface area contributed by atoms with Crippen LogP contribution in [0.25, 0.3) is 0 Å². The third kappa shape index (κ3) is 4.35. The first-order valence-corrected chi connectivity index (χ1v) is 11.0. The largest absolute Gasteiger partial charge is 0.339 e. The van der Waals surface area contributed by atoms with Crippen molar-refractivity contribution in [1.29, 1.82) is 0 Å². The molecule has 1 N–H and O–H groups in total. The summed E-state index contributed by atoms with van der Waals surface area (Å²) in [5.74, 6) is -0.936. The predicted octanol–water partition coefficient (Wildman–Crippen LogP) is 2.76. The van der Waals surface area contributed by atoms with Crippen molar-refractivity contribution in [2.75, 3.05) is 25.0 Å². The Morgan fingerprint density at radius 2 is 1.80 bits per heavy atom. The molecule has 1 aromatic heterocycles. The number of piperidine rings is 1. The van der Waals surface area contributed by atoms with Gasteiger partial charge in [0, 0.05) is 42.7 Å². The molecule has 0 bridgehead atoms. The SMILES string of the molecule is O=C(Nc1nccs1)C1CCCN1C(=O)C1CCN(C(=O)c2ccc(F)cc2)CC1. The van der Waals surface area contributed by atoms with Crippen molar-refractivity contribution in [2.24, 2.45) is 5.92 Å². The van der Waals surface area contributed by atoms with Gasteiger partial charge in [0.25, 0.3) is 5.91 Å². The Kier molecular flexibility index (Phi) is 6.08. The molecule has 7 nitrogen and oxygen atoms in total. The number of nitrogens with one attached hydrogen (secondary N) is 1. The lowest BCUT2D eigenvalue weighted by Crippen LogP contribution is -2.48. The molecule has 3 amide bonds. The minimum atomic E-state index is -0.472. The van der Waals surface area contributed by atoms with Crippen molar-refractivity contribution in [3.05, 3.63) is 47.2 Å². The molecule has 4 rings (SSSR count). The minimum absolute atomic E-state index is 0.0133. The van der Waals surface area contributed by atoms with E-state index in [4.69, 9.17) is 0 Å². The number of carbonyl (C=O) groups excluding carboxylic acids is 3. The smallest absolute Gasteiger partial charge is 0.253 e. The van der Waals surface area contributed by atoms with Crippen LogP contribution in [0.1, 0.15) is 36.0 Å². The highest BCUT2D eigenvalue weighted by Crippen LogP contribution is 2.27. The number of amides is 3. The van der Waals surface area contributed by atoms with Crippen LogP contribution in [0.5, 0.6) is 0 Å². The van der Waals surface area contributed by atoms with E-state index in [1.165, 1.54) is 35.6 Å². The second-order valence-electron chi connectivity index (χ2n) is 7.59. The first-order valence-electron chi connectivity index (χ1n) is 10.1. The first-order chi connectivity index (χ1) is 14.5. The van der Waals surface area contributed by atoms with E-state index in [9.17, 15) is 18.8 Å². The van der Waals surface area contributed by atoms with Crippen molar-refractivity contribution < 1.29 is 18.8 Å². The van der Waals surface area contributed by atoms with Crippen molar-refractivity contribution in [2.45, 2.75) is 31.7 Å². The van der Waals surface area contributed by atoms with Gasteiger partial charge in [-0.1, -0.05) is 0 Å². The van der Waals surface area contributed by atoms with Gasteiger partial charge in [-0.25, -0.2) is 9.37 Å². The molecule has 2 aliphatic heterocycles. The number of aromatic nitrogens is 1. The highest BCUT2D eigenvalue weighted by Gasteiger charge is 2.38. The van der Waals surface area contributed by atoms with Crippen molar-refractivity contribution in [1.82, 2.24) is 14.8 Å². The molecule has 2 saturated heterocycles. The van der Waals surface area contributed by atoms with Crippen LogP contribution in [0.15, 0.2) is 35.8 Å². The van der Waals surface area contributed by atoms with Crippen LogP contribution >= 0.6 is 11.3 Å². The first kappa shape index (κ1) is 20.5. The van der Waals surface area contributed by atoms with E-state index in [0.29, 0.717) is 49.6 Å². The number of halogens is 1. The summed E-state index contributed by atoms with van der Waals surface area (Å²) in [4.78, 5) is 45.7. The fraction of sp³-hybridized carbons (Fsp3) is 0.429. The Labute approximate surface area is 177 Å². The lowest BCUT2D eigenvalue weighted by molar-refractivity contribution is -0.141. The Bertz CT molecular complexity index is 911. The zero-order valence-electron chi connectivity index (χ0n) is 16.4. The summed E-state index contributed by atoms with van der Waals surface area (Å²) in [7, 11) is 0. The Morgan fingerprint density at radius 1 is 1.07 bits per heavy atom. The molecule has 30 heavy (non-hydrogen) atoms. The van der Waals surface area contributed by atoms with Gasteiger partial charge >= 0.3 is 0 Å². The molecule has 9 heteroatoms. The van der Waals surface area contributed by atoms with Crippen LogP contribution in [0, 0.1) is 11.7 Å². The van der Waals surface area contributed by atoms with Gasteiger partial charge in [0.15, 0.2) is 5.13 Å². The van der Waals surface area contributed by atoms with Gasteiger partial charge in [0.05, 0.1) is 0 Å². The zero-order valence-corrected chi connectivity index (χ0v) is 17.2. The van der Waals surface area contributed by atoms with E-state index >= 15 is 0 Å². The number of nitrogens with zero attached hydrogens (tertiary/aromatic N) is 3. The molecule has 1 aromatic carbocycles. The summed E-state index contributed by atoms with van der Waals surface area (Å²) in [5, 5.41) is 5.11. The van der Waals surface area contributed by atoms with Gasteiger partial charge in [-0.15, -0.1) is 11.3 Å². The van der Waals surface area contributed by atoms with Crippen LogP contribution in [-0.2, 0) is 9.59 Å². The summed E-state index contributed by atoms with van der Waals surface area (Å²) in [5.41, 5.74) is 0.444. The number of carbonyl (C=O) groups is 3. The van der Waals surface area contributed by atoms with Crippen LogP contribution in [0.2, 0.25) is 0 Å². The second kappa shape index (κ2) is 8.91. The second-order valence-corrected chi connectivity index (χ2v) is 8.48. The molecule has 1 atom stereocenters. The quantitative estimate of drug-likeness (QED) is 0.809. The maximum absolute atomic E-state index is 13.1. The molecule has 1 unspecified atom stereocenters. The van der Waals surface area contributed by atoms with Gasteiger partial charge in [0.1, 0.15) is 11.9 Å². The van der Waals surface area contributed by atoms with Gasteiger partial charge in [-0.05, 0) is 49.9 Å². The van der Waals surface area contributed by atoms with Gasteiger partial charge in [-0.2, -0.15) is 0 Å². The van der Waals surface area contributed by atoms with E-state index in [0.717, 1.165) is 6.42 Å². The third-order valence-electron chi connectivity index (χ3n) is 5.72. The number of thiazole rings is 1. The number of hydrogen-bond donors (Lipinski definition) is 1. The maximum Gasteiger partial charge on any atom is 0.253 e. The summed E-state index contributed by atoms with van der Waals surface area (Å²) < 4.78 is 13.1. The van der Waals surface area contributed by atoms with Gasteiger partial charge < -0.3 is 15.1 Å². The highest BCUT2D eigenvalue weighted by atomic mass is 32.1. The Hall–Kier alpha value is -2.81. The fourth-order valence-corrected chi connectivity index (χ4v) is 4.65. The molecule has 0 spiro atoms. The van der Waals surface area contributed by atoms with Gasteiger partial charge in [0.2, 0.25) is 11.8 Å². The van der Waals surface area contributed by atoms with Crippen molar-refractivity contribution >= 4 is 34.2 Å². The Balaban J connectivity index is 1.33. The molecule has 3 heterocycles. The van der Waals surface area contributed by atoms with E-state index in [1.807, 2.05) is 0 Å². The number of likely N-dealkylation sites (tertiary alicyclic amines) is 2. The summed E-state index contributed by atoms with van der Waals surface area (Å²) in [6.07, 6.45) is 4.18. The molecule has 2 fully saturated rings. The lowest BCUT2D eigenvalue weighted by atomic mass is 9.94. The topological polar surface area (TPSA) is 82.6 Å². The molecule has 2 aliphatic rings. The normalized spacial score (nSPS) is 19.7. The number of rotatable bonds is 4. The van der Waals surface area contributed by atoms with E-state index in [-0.39, 0.29) is 29.5 Å². The maximum atomic E-state index is 13.1. The monoisotopic (exact) mass is 430 g/mol. The number of hydrogen-bond acceptors (Lipinski definition) is 5. The fourth-order valence-electron chi connectivity index (χ4n) is 4.12. The number of benzene rings is 1. The summed E-state index contributed by atoms with van der Waals surface area (Å²) >= 11 is 1.34. The summed E-state index contributed by atoms with van der Waals surface area (Å²) in [6, 6.07) is 5.03.